The maximum absolute atomic E-state index is 4.54. The molecule has 2 aromatic rings. The predicted octanol–water partition coefficient (Wildman–Crippen LogP) is 3.73. The van der Waals surface area contributed by atoms with Crippen molar-refractivity contribution < 1.29 is 0 Å². The fraction of sp³-hybridized carbons (Fsp3) is 0.529. The van der Waals surface area contributed by atoms with Crippen molar-refractivity contribution >= 4 is 32.7 Å². The van der Waals surface area contributed by atoms with E-state index >= 15 is 0 Å². The highest BCUT2D eigenvalue weighted by Gasteiger charge is 2.43. The van der Waals surface area contributed by atoms with Gasteiger partial charge in [0.05, 0.1) is 11.2 Å². The Bertz CT molecular complexity index is 689. The van der Waals surface area contributed by atoms with E-state index in [1.807, 2.05) is 24.5 Å². The summed E-state index contributed by atoms with van der Waals surface area (Å²) in [7, 11) is 0. The van der Waals surface area contributed by atoms with Gasteiger partial charge in [-0.25, -0.2) is 0 Å². The summed E-state index contributed by atoms with van der Waals surface area (Å²) < 4.78 is 0.968. The molecule has 0 aromatic carbocycles. The lowest BCUT2D eigenvalue weighted by Gasteiger charge is -2.40. The number of hydrogen-bond donors (Lipinski definition) is 2. The number of aromatic nitrogens is 2. The Morgan fingerprint density at radius 2 is 2.23 bits per heavy atom. The van der Waals surface area contributed by atoms with Crippen LogP contribution >= 0.6 is 15.9 Å². The van der Waals surface area contributed by atoms with Gasteiger partial charge < -0.3 is 10.6 Å². The first-order valence-electron chi connectivity index (χ1n) is 8.14. The molecule has 5 heteroatoms. The molecule has 2 unspecified atom stereocenters. The van der Waals surface area contributed by atoms with Crippen molar-refractivity contribution in [2.24, 2.45) is 5.41 Å². The van der Waals surface area contributed by atoms with Crippen LogP contribution in [0.3, 0.4) is 0 Å². The molecule has 4 rings (SSSR count). The first-order valence-corrected chi connectivity index (χ1v) is 8.94. The van der Waals surface area contributed by atoms with Gasteiger partial charge in [-0.2, -0.15) is 0 Å². The standard InChI is InChI=1S/C17H21BrN4/c18-12-9-14-16(21-10-12)13(4-8-19-14)22-11-17-5-1-3-15(17)20-7-2-6-17/h4,8-10,15,20H,1-3,5-7,11H2,(H,19,22). The number of rotatable bonds is 3. The fourth-order valence-corrected chi connectivity index (χ4v) is 4.51. The van der Waals surface area contributed by atoms with Gasteiger partial charge in [-0.3, -0.25) is 9.97 Å². The Morgan fingerprint density at radius 3 is 3.18 bits per heavy atom. The predicted molar refractivity (Wildman–Crippen MR) is 93.0 cm³/mol. The highest BCUT2D eigenvalue weighted by atomic mass is 79.9. The minimum absolute atomic E-state index is 0.420. The average Bonchev–Trinajstić information content (AvgIpc) is 2.96. The van der Waals surface area contributed by atoms with Crippen LogP contribution in [-0.2, 0) is 0 Å². The van der Waals surface area contributed by atoms with Gasteiger partial charge >= 0.3 is 0 Å². The van der Waals surface area contributed by atoms with Crippen molar-refractivity contribution in [3.05, 3.63) is 29.0 Å². The fourth-order valence-electron chi connectivity index (χ4n) is 4.19. The molecule has 116 valence electrons. The molecule has 2 atom stereocenters. The molecule has 2 N–H and O–H groups in total. The molecular weight excluding hydrogens is 340 g/mol. The quantitative estimate of drug-likeness (QED) is 0.875. The third kappa shape index (κ3) is 2.50. The lowest BCUT2D eigenvalue weighted by molar-refractivity contribution is 0.181. The SMILES string of the molecule is Brc1cnc2c(NCC34CCCNC3CCC4)ccnc2c1. The van der Waals surface area contributed by atoms with Crippen LogP contribution in [0.5, 0.6) is 0 Å². The third-order valence-electron chi connectivity index (χ3n) is 5.32. The number of fused-ring (bicyclic) bond motifs is 2. The molecule has 0 bridgehead atoms. The highest BCUT2D eigenvalue weighted by Crippen LogP contribution is 2.44. The molecule has 3 heterocycles. The smallest absolute Gasteiger partial charge is 0.112 e. The topological polar surface area (TPSA) is 49.8 Å². The van der Waals surface area contributed by atoms with E-state index < -0.39 is 0 Å². The van der Waals surface area contributed by atoms with Crippen LogP contribution in [0.25, 0.3) is 11.0 Å². The van der Waals surface area contributed by atoms with E-state index in [0.29, 0.717) is 11.5 Å². The lowest BCUT2D eigenvalue weighted by Crippen LogP contribution is -2.49. The van der Waals surface area contributed by atoms with Crippen LogP contribution in [0.4, 0.5) is 5.69 Å². The van der Waals surface area contributed by atoms with Crippen LogP contribution in [0.1, 0.15) is 32.1 Å². The summed E-state index contributed by atoms with van der Waals surface area (Å²) in [5, 5.41) is 7.41. The summed E-state index contributed by atoms with van der Waals surface area (Å²) in [5.74, 6) is 0. The Hall–Kier alpha value is -1.20. The molecule has 1 aliphatic carbocycles. The van der Waals surface area contributed by atoms with Gasteiger partial charge in [-0.05, 0) is 60.3 Å². The molecule has 1 saturated carbocycles. The molecule has 0 spiro atoms. The van der Waals surface area contributed by atoms with Crippen molar-refractivity contribution in [1.29, 1.82) is 0 Å². The monoisotopic (exact) mass is 360 g/mol. The first-order chi connectivity index (χ1) is 10.8. The zero-order valence-corrected chi connectivity index (χ0v) is 14.2. The second-order valence-corrected chi connectivity index (χ2v) is 7.51. The molecule has 0 radical (unpaired) electrons. The van der Waals surface area contributed by atoms with Crippen molar-refractivity contribution in [2.45, 2.75) is 38.1 Å². The number of hydrogen-bond acceptors (Lipinski definition) is 4. The molecule has 22 heavy (non-hydrogen) atoms. The van der Waals surface area contributed by atoms with Crippen LogP contribution in [0.2, 0.25) is 0 Å². The van der Waals surface area contributed by atoms with Gasteiger partial charge in [0.15, 0.2) is 0 Å². The van der Waals surface area contributed by atoms with Crippen LogP contribution < -0.4 is 10.6 Å². The molecule has 2 aromatic heterocycles. The molecular formula is C17H21BrN4. The zero-order valence-electron chi connectivity index (χ0n) is 12.6. The minimum Gasteiger partial charge on any atom is -0.383 e. The van der Waals surface area contributed by atoms with E-state index in [1.165, 1.54) is 38.6 Å². The Labute approximate surface area is 139 Å². The van der Waals surface area contributed by atoms with Gasteiger partial charge in [0, 0.05) is 34.9 Å². The highest BCUT2D eigenvalue weighted by molar-refractivity contribution is 9.10. The normalized spacial score (nSPS) is 27.8. The Balaban J connectivity index is 1.59. The van der Waals surface area contributed by atoms with Gasteiger partial charge in [0.25, 0.3) is 0 Å². The van der Waals surface area contributed by atoms with E-state index in [0.717, 1.165) is 27.7 Å². The first kappa shape index (κ1) is 14.4. The zero-order chi connectivity index (χ0) is 15.0. The van der Waals surface area contributed by atoms with Crippen molar-refractivity contribution in [3.63, 3.8) is 0 Å². The third-order valence-corrected chi connectivity index (χ3v) is 5.76. The van der Waals surface area contributed by atoms with E-state index in [-0.39, 0.29) is 0 Å². The second-order valence-electron chi connectivity index (χ2n) is 6.60. The molecule has 2 aliphatic rings. The molecule has 1 saturated heterocycles. The summed E-state index contributed by atoms with van der Waals surface area (Å²) in [4.78, 5) is 8.96. The second kappa shape index (κ2) is 5.78. The Kier molecular flexibility index (Phi) is 3.78. The molecule has 0 amide bonds. The molecule has 2 fully saturated rings. The van der Waals surface area contributed by atoms with Crippen LogP contribution in [0.15, 0.2) is 29.0 Å². The number of nitrogens with one attached hydrogen (secondary N) is 2. The number of halogens is 1. The lowest BCUT2D eigenvalue weighted by atomic mass is 9.76. The van der Waals surface area contributed by atoms with Gasteiger partial charge in [-0.15, -0.1) is 0 Å². The summed E-state index contributed by atoms with van der Waals surface area (Å²) in [5.41, 5.74) is 3.41. The summed E-state index contributed by atoms with van der Waals surface area (Å²) in [6, 6.07) is 4.75. The van der Waals surface area contributed by atoms with E-state index in [4.69, 9.17) is 0 Å². The summed E-state index contributed by atoms with van der Waals surface area (Å²) in [6.07, 6.45) is 10.3. The van der Waals surface area contributed by atoms with E-state index in [1.54, 1.807) is 0 Å². The maximum atomic E-state index is 4.54. The van der Waals surface area contributed by atoms with Gasteiger partial charge in [0.1, 0.15) is 5.52 Å². The number of anilines is 1. The molecule has 4 nitrogen and oxygen atoms in total. The van der Waals surface area contributed by atoms with Crippen LogP contribution in [0, 0.1) is 5.41 Å². The van der Waals surface area contributed by atoms with Gasteiger partial charge in [-0.1, -0.05) is 6.42 Å². The van der Waals surface area contributed by atoms with Crippen LogP contribution in [-0.4, -0.2) is 29.1 Å². The largest absolute Gasteiger partial charge is 0.383 e. The van der Waals surface area contributed by atoms with Gasteiger partial charge in [0.2, 0.25) is 0 Å². The number of pyridine rings is 2. The maximum Gasteiger partial charge on any atom is 0.112 e. The summed E-state index contributed by atoms with van der Waals surface area (Å²) in [6.45, 7) is 2.21. The summed E-state index contributed by atoms with van der Waals surface area (Å²) >= 11 is 3.46. The minimum atomic E-state index is 0.420. The Morgan fingerprint density at radius 1 is 1.32 bits per heavy atom. The number of nitrogens with zero attached hydrogens (tertiary/aromatic N) is 2. The van der Waals surface area contributed by atoms with Crippen molar-refractivity contribution in [2.75, 3.05) is 18.4 Å². The molecule has 1 aliphatic heterocycles. The van der Waals surface area contributed by atoms with E-state index in [2.05, 4.69) is 36.5 Å². The average molecular weight is 361 g/mol. The van der Waals surface area contributed by atoms with Crippen molar-refractivity contribution in [3.8, 4) is 0 Å². The van der Waals surface area contributed by atoms with E-state index in [9.17, 15) is 0 Å². The van der Waals surface area contributed by atoms with Crippen molar-refractivity contribution in [1.82, 2.24) is 15.3 Å². The number of piperidine rings is 1.